The molecule has 0 aliphatic heterocycles. The summed E-state index contributed by atoms with van der Waals surface area (Å²) in [5.41, 5.74) is 3.32. The van der Waals surface area contributed by atoms with E-state index in [4.69, 9.17) is 0 Å². The van der Waals surface area contributed by atoms with E-state index in [0.717, 1.165) is 10.5 Å². The molecule has 0 bridgehead atoms. The van der Waals surface area contributed by atoms with Crippen LogP contribution in [0.3, 0.4) is 0 Å². The van der Waals surface area contributed by atoms with Crippen LogP contribution in [0.15, 0.2) is 52.3 Å². The lowest BCUT2D eigenvalue weighted by atomic mass is 10.1. The van der Waals surface area contributed by atoms with Crippen molar-refractivity contribution in [3.63, 3.8) is 0 Å². The lowest BCUT2D eigenvalue weighted by molar-refractivity contribution is 0.234. The van der Waals surface area contributed by atoms with Crippen molar-refractivity contribution in [2.75, 3.05) is 0 Å². The smallest absolute Gasteiger partial charge is 0.218 e. The third kappa shape index (κ3) is 3.87. The van der Waals surface area contributed by atoms with Gasteiger partial charge in [-0.05, 0) is 54.8 Å². The van der Waals surface area contributed by atoms with Gasteiger partial charge in [0.15, 0.2) is 0 Å². The molecule has 0 unspecified atom stereocenters. The molecule has 0 atom stereocenters. The van der Waals surface area contributed by atoms with E-state index in [-0.39, 0.29) is 4.90 Å². The van der Waals surface area contributed by atoms with Gasteiger partial charge in [-0.1, -0.05) is 18.2 Å². The third-order valence-electron chi connectivity index (χ3n) is 3.37. The maximum atomic E-state index is 12.4. The number of aryl methyl sites for hydroxylation is 2. The summed E-state index contributed by atoms with van der Waals surface area (Å²) in [5, 5.41) is 0. The van der Waals surface area contributed by atoms with Crippen LogP contribution in [0.5, 0.6) is 0 Å². The number of thioether (sulfide) groups is 1. The predicted octanol–water partition coefficient (Wildman–Crippen LogP) is 4.59. The van der Waals surface area contributed by atoms with Crippen molar-refractivity contribution in [1.29, 1.82) is 0 Å². The summed E-state index contributed by atoms with van der Waals surface area (Å²) in [4.78, 5) is 0.773. The molecule has 0 aromatic heterocycles. The second-order valence-corrected chi connectivity index (χ2v) is 7.95. The maximum absolute atomic E-state index is 12.4. The van der Waals surface area contributed by atoms with Gasteiger partial charge in [0.25, 0.3) is 0 Å². The molecule has 2 aromatic rings. The van der Waals surface area contributed by atoms with E-state index in [1.54, 1.807) is 23.9 Å². The summed E-state index contributed by atoms with van der Waals surface area (Å²) in [7, 11) is -4.51. The summed E-state index contributed by atoms with van der Waals surface area (Å²) in [6.07, 6.45) is 0. The van der Waals surface area contributed by atoms with Gasteiger partial charge >= 0.3 is 5.76 Å². The van der Waals surface area contributed by atoms with E-state index in [1.165, 1.54) is 23.3 Å². The Bertz CT molecular complexity index is 754. The molecule has 0 spiro atoms. The topological polar surface area (TPSA) is 34.1 Å². The Morgan fingerprint density at radius 3 is 2.18 bits per heavy atom. The first kappa shape index (κ1) is 17.0. The number of benzene rings is 2. The molecule has 0 saturated heterocycles. The minimum Gasteiger partial charge on any atom is -0.218 e. The molecule has 118 valence electrons. The van der Waals surface area contributed by atoms with Crippen molar-refractivity contribution < 1.29 is 17.2 Å². The monoisotopic (exact) mass is 342 g/mol. The van der Waals surface area contributed by atoms with Crippen LogP contribution in [0.4, 0.5) is 8.78 Å². The molecule has 22 heavy (non-hydrogen) atoms. The Morgan fingerprint density at radius 1 is 1.00 bits per heavy atom. The summed E-state index contributed by atoms with van der Waals surface area (Å²) in [6, 6.07) is 11.8. The van der Waals surface area contributed by atoms with Crippen molar-refractivity contribution in [3.05, 3.63) is 59.2 Å². The largest absolute Gasteiger partial charge is 0.341 e. The van der Waals surface area contributed by atoms with Gasteiger partial charge in [-0.25, -0.2) is 8.42 Å². The molecule has 2 aromatic carbocycles. The fourth-order valence-corrected chi connectivity index (χ4v) is 3.52. The minimum absolute atomic E-state index is 0.345. The molecular formula is C16H16F2O2S2. The van der Waals surface area contributed by atoms with E-state index < -0.39 is 15.6 Å². The van der Waals surface area contributed by atoms with Gasteiger partial charge < -0.3 is 0 Å². The van der Waals surface area contributed by atoms with Crippen LogP contribution >= 0.6 is 11.8 Å². The highest BCUT2D eigenvalue weighted by Crippen LogP contribution is 2.26. The second kappa shape index (κ2) is 6.79. The van der Waals surface area contributed by atoms with Crippen molar-refractivity contribution in [1.82, 2.24) is 0 Å². The van der Waals surface area contributed by atoms with Gasteiger partial charge in [0.05, 0.1) is 4.90 Å². The van der Waals surface area contributed by atoms with E-state index in [9.17, 15) is 17.2 Å². The average molecular weight is 342 g/mol. The Labute approximate surface area is 133 Å². The highest BCUT2D eigenvalue weighted by atomic mass is 32.2. The number of alkyl halides is 2. The van der Waals surface area contributed by atoms with Gasteiger partial charge in [0.2, 0.25) is 9.84 Å². The van der Waals surface area contributed by atoms with Crippen LogP contribution in [0.2, 0.25) is 0 Å². The average Bonchev–Trinajstić information content (AvgIpc) is 2.49. The molecular weight excluding hydrogens is 326 g/mol. The molecule has 2 rings (SSSR count). The van der Waals surface area contributed by atoms with Gasteiger partial charge in [-0.3, -0.25) is 0 Å². The summed E-state index contributed by atoms with van der Waals surface area (Å²) < 4.78 is 47.6. The lowest BCUT2D eigenvalue weighted by Crippen LogP contribution is -2.11. The molecule has 0 amide bonds. The Morgan fingerprint density at radius 2 is 1.64 bits per heavy atom. The van der Waals surface area contributed by atoms with Crippen molar-refractivity contribution in [3.8, 4) is 0 Å². The van der Waals surface area contributed by atoms with Crippen LogP contribution in [-0.2, 0) is 15.6 Å². The lowest BCUT2D eigenvalue weighted by Gasteiger charge is -2.07. The molecule has 0 fully saturated rings. The van der Waals surface area contributed by atoms with Crippen LogP contribution in [-0.4, -0.2) is 14.2 Å². The fraction of sp³-hybridized carbons (Fsp3) is 0.250. The minimum atomic E-state index is -4.51. The quantitative estimate of drug-likeness (QED) is 0.745. The van der Waals surface area contributed by atoms with Crippen LogP contribution in [0.1, 0.15) is 16.7 Å². The first-order chi connectivity index (χ1) is 10.3. The van der Waals surface area contributed by atoms with Crippen LogP contribution in [0.25, 0.3) is 0 Å². The molecule has 0 aliphatic carbocycles. The molecule has 6 heteroatoms. The maximum Gasteiger partial charge on any atom is 0.341 e. The molecule has 0 heterocycles. The van der Waals surface area contributed by atoms with Crippen LogP contribution < -0.4 is 0 Å². The predicted molar refractivity (Wildman–Crippen MR) is 85.1 cm³/mol. The van der Waals surface area contributed by atoms with E-state index >= 15 is 0 Å². The number of rotatable bonds is 5. The fourth-order valence-electron chi connectivity index (χ4n) is 1.85. The number of hydrogen-bond acceptors (Lipinski definition) is 3. The molecule has 0 aliphatic rings. The molecule has 0 N–H and O–H groups in total. The molecule has 0 saturated carbocycles. The Balaban J connectivity index is 2.07. The Hall–Kier alpha value is -1.40. The zero-order valence-electron chi connectivity index (χ0n) is 12.2. The zero-order valence-corrected chi connectivity index (χ0v) is 13.8. The third-order valence-corrected chi connectivity index (χ3v) is 5.83. The van der Waals surface area contributed by atoms with Crippen molar-refractivity contribution in [2.24, 2.45) is 0 Å². The highest BCUT2D eigenvalue weighted by Gasteiger charge is 2.26. The normalized spacial score (nSPS) is 11.9. The number of hydrogen-bond donors (Lipinski definition) is 0. The van der Waals surface area contributed by atoms with Gasteiger partial charge in [-0.2, -0.15) is 8.78 Å². The first-order valence-electron chi connectivity index (χ1n) is 6.62. The zero-order chi connectivity index (χ0) is 16.3. The van der Waals surface area contributed by atoms with E-state index in [1.807, 2.05) is 19.9 Å². The number of sulfone groups is 1. The summed E-state index contributed by atoms with van der Waals surface area (Å²) in [6.45, 7) is 4.09. The summed E-state index contributed by atoms with van der Waals surface area (Å²) in [5.74, 6) is -2.74. The molecule has 0 radical (unpaired) electrons. The summed E-state index contributed by atoms with van der Waals surface area (Å²) >= 11 is 1.62. The SMILES string of the molecule is Cc1ccc(SCc2ccc(S(=O)(=O)C(F)F)cc2)cc1C. The van der Waals surface area contributed by atoms with Gasteiger partial charge in [0.1, 0.15) is 0 Å². The standard InChI is InChI=1S/C16H16F2O2S2/c1-11-3-6-14(9-12(11)2)21-10-13-4-7-15(8-5-13)22(19,20)16(17)18/h3-9,16H,10H2,1-2H3. The number of halogens is 2. The van der Waals surface area contributed by atoms with Crippen LogP contribution in [0, 0.1) is 13.8 Å². The Kier molecular flexibility index (Phi) is 5.24. The first-order valence-corrected chi connectivity index (χ1v) is 9.15. The van der Waals surface area contributed by atoms with Crippen molar-refractivity contribution >= 4 is 21.6 Å². The van der Waals surface area contributed by atoms with Crippen molar-refractivity contribution in [2.45, 2.75) is 35.1 Å². The van der Waals surface area contributed by atoms with Gasteiger partial charge in [-0.15, -0.1) is 11.8 Å². The van der Waals surface area contributed by atoms with Gasteiger partial charge in [0, 0.05) is 10.6 Å². The van der Waals surface area contributed by atoms with E-state index in [0.29, 0.717) is 5.75 Å². The highest BCUT2D eigenvalue weighted by molar-refractivity contribution is 7.98. The molecule has 2 nitrogen and oxygen atoms in total. The van der Waals surface area contributed by atoms with E-state index in [2.05, 4.69) is 12.1 Å². The second-order valence-electron chi connectivity index (χ2n) is 4.98.